The summed E-state index contributed by atoms with van der Waals surface area (Å²) in [5.41, 5.74) is 1.79. The normalized spacial score (nSPS) is 16.6. The summed E-state index contributed by atoms with van der Waals surface area (Å²) in [4.78, 5) is 36.5. The van der Waals surface area contributed by atoms with Gasteiger partial charge in [-0.3, -0.25) is 14.4 Å². The van der Waals surface area contributed by atoms with Gasteiger partial charge in [0.15, 0.2) is 0 Å². The number of rotatable bonds is 4. The average molecular weight is 326 g/mol. The Morgan fingerprint density at radius 1 is 1.21 bits per heavy atom. The summed E-state index contributed by atoms with van der Waals surface area (Å²) in [6.07, 6.45) is 1.77. The highest BCUT2D eigenvalue weighted by atomic mass is 16.2. The lowest BCUT2D eigenvalue weighted by Crippen LogP contribution is -2.44. The fraction of sp³-hybridized carbons (Fsp3) is 0.235. The molecule has 1 unspecified atom stereocenters. The minimum absolute atomic E-state index is 0.115. The summed E-state index contributed by atoms with van der Waals surface area (Å²) >= 11 is 0. The largest absolute Gasteiger partial charge is 0.353 e. The van der Waals surface area contributed by atoms with Gasteiger partial charge in [0.2, 0.25) is 11.8 Å². The highest BCUT2D eigenvalue weighted by molar-refractivity contribution is 6.10. The van der Waals surface area contributed by atoms with E-state index in [0.717, 1.165) is 5.69 Å². The number of carbonyl (C=O) groups excluding carboxylic acids is 3. The zero-order chi connectivity index (χ0) is 17.1. The third-order valence-corrected chi connectivity index (χ3v) is 3.96. The summed E-state index contributed by atoms with van der Waals surface area (Å²) in [5.74, 6) is -1.07. The number of nitrogens with one attached hydrogen (secondary N) is 3. The van der Waals surface area contributed by atoms with E-state index in [-0.39, 0.29) is 18.2 Å². The van der Waals surface area contributed by atoms with Crippen molar-refractivity contribution in [3.8, 4) is 0 Å². The third kappa shape index (κ3) is 3.29. The van der Waals surface area contributed by atoms with E-state index >= 15 is 0 Å². The minimum Gasteiger partial charge on any atom is -0.353 e. The van der Waals surface area contributed by atoms with Crippen LogP contribution in [-0.2, 0) is 23.2 Å². The van der Waals surface area contributed by atoms with Crippen LogP contribution >= 0.6 is 0 Å². The summed E-state index contributed by atoms with van der Waals surface area (Å²) in [6.45, 7) is 0.366. The van der Waals surface area contributed by atoms with Crippen LogP contribution in [0.5, 0.6) is 0 Å². The van der Waals surface area contributed by atoms with Gasteiger partial charge in [0.1, 0.15) is 6.04 Å². The molecule has 0 bridgehead atoms. The van der Waals surface area contributed by atoms with E-state index in [0.29, 0.717) is 17.8 Å². The lowest BCUT2D eigenvalue weighted by molar-refractivity contribution is -0.125. The Bertz CT molecular complexity index is 797. The Balaban J connectivity index is 1.63. The molecule has 7 nitrogen and oxygen atoms in total. The van der Waals surface area contributed by atoms with Crippen LogP contribution in [0.2, 0.25) is 0 Å². The second-order valence-electron chi connectivity index (χ2n) is 5.65. The fourth-order valence-electron chi connectivity index (χ4n) is 2.58. The summed E-state index contributed by atoms with van der Waals surface area (Å²) < 4.78 is 1.90. The van der Waals surface area contributed by atoms with Crippen LogP contribution in [0.4, 0.5) is 5.69 Å². The molecule has 124 valence electrons. The van der Waals surface area contributed by atoms with Gasteiger partial charge in [-0.2, -0.15) is 0 Å². The van der Waals surface area contributed by atoms with Gasteiger partial charge in [-0.1, -0.05) is 12.1 Å². The standard InChI is InChI=1S/C17H18N4O3/c1-21-8-4-5-11(21)10-18-15(22)9-14-17(24)19-13-7-3-2-6-12(13)16(23)20-14/h2-8,14H,9-10H2,1H3,(H,18,22)(H,19,24)(H,20,23). The van der Waals surface area contributed by atoms with E-state index in [1.165, 1.54) is 0 Å². The molecule has 3 rings (SSSR count). The van der Waals surface area contributed by atoms with E-state index < -0.39 is 11.9 Å². The molecular weight excluding hydrogens is 308 g/mol. The van der Waals surface area contributed by atoms with E-state index in [9.17, 15) is 14.4 Å². The van der Waals surface area contributed by atoms with Crippen molar-refractivity contribution in [3.05, 3.63) is 53.9 Å². The number of hydrogen-bond acceptors (Lipinski definition) is 3. The molecule has 0 aliphatic carbocycles. The van der Waals surface area contributed by atoms with Crippen molar-refractivity contribution in [2.75, 3.05) is 5.32 Å². The number of carbonyl (C=O) groups is 3. The molecule has 2 aromatic rings. The van der Waals surface area contributed by atoms with Gasteiger partial charge in [-0.25, -0.2) is 0 Å². The predicted octanol–water partition coefficient (Wildman–Crippen LogP) is 0.782. The van der Waals surface area contributed by atoms with Crippen molar-refractivity contribution in [1.82, 2.24) is 15.2 Å². The molecule has 1 aromatic carbocycles. The van der Waals surface area contributed by atoms with Gasteiger partial charge < -0.3 is 20.5 Å². The molecule has 0 fully saturated rings. The Morgan fingerprint density at radius 2 is 2.00 bits per heavy atom. The Morgan fingerprint density at radius 3 is 2.75 bits per heavy atom. The molecule has 1 atom stereocenters. The van der Waals surface area contributed by atoms with Gasteiger partial charge in [0.05, 0.1) is 24.2 Å². The fourth-order valence-corrected chi connectivity index (χ4v) is 2.58. The number of amides is 3. The first-order valence-corrected chi connectivity index (χ1v) is 7.62. The minimum atomic E-state index is -0.904. The van der Waals surface area contributed by atoms with Crippen molar-refractivity contribution in [2.24, 2.45) is 7.05 Å². The monoisotopic (exact) mass is 326 g/mol. The second-order valence-corrected chi connectivity index (χ2v) is 5.65. The SMILES string of the molecule is Cn1cccc1CNC(=O)CC1NC(=O)c2ccccc2NC1=O. The van der Waals surface area contributed by atoms with Crippen LogP contribution in [0.15, 0.2) is 42.6 Å². The summed E-state index contributed by atoms with van der Waals surface area (Å²) in [7, 11) is 1.89. The van der Waals surface area contributed by atoms with E-state index in [2.05, 4.69) is 16.0 Å². The average Bonchev–Trinajstić information content (AvgIpc) is 2.92. The number of fused-ring (bicyclic) bond motifs is 1. The van der Waals surface area contributed by atoms with Crippen molar-refractivity contribution in [3.63, 3.8) is 0 Å². The molecule has 3 N–H and O–H groups in total. The van der Waals surface area contributed by atoms with E-state index in [4.69, 9.17) is 0 Å². The van der Waals surface area contributed by atoms with Gasteiger partial charge in [-0.05, 0) is 24.3 Å². The van der Waals surface area contributed by atoms with Crippen LogP contribution < -0.4 is 16.0 Å². The Kier molecular flexibility index (Phi) is 4.33. The third-order valence-electron chi connectivity index (χ3n) is 3.96. The summed E-state index contributed by atoms with van der Waals surface area (Å²) in [6, 6.07) is 9.62. The van der Waals surface area contributed by atoms with Gasteiger partial charge in [0.25, 0.3) is 5.91 Å². The smallest absolute Gasteiger partial charge is 0.254 e. The molecule has 0 radical (unpaired) electrons. The van der Waals surface area contributed by atoms with Crippen LogP contribution in [0.1, 0.15) is 22.5 Å². The van der Waals surface area contributed by atoms with Gasteiger partial charge >= 0.3 is 0 Å². The molecule has 1 aliphatic heterocycles. The molecule has 2 heterocycles. The summed E-state index contributed by atoms with van der Waals surface area (Å²) in [5, 5.41) is 8.04. The quantitative estimate of drug-likeness (QED) is 0.775. The second kappa shape index (κ2) is 6.57. The molecule has 7 heteroatoms. The zero-order valence-corrected chi connectivity index (χ0v) is 13.2. The number of benzene rings is 1. The highest BCUT2D eigenvalue weighted by Crippen LogP contribution is 2.18. The number of anilines is 1. The topological polar surface area (TPSA) is 92.2 Å². The van der Waals surface area contributed by atoms with Crippen molar-refractivity contribution >= 4 is 23.4 Å². The lowest BCUT2D eigenvalue weighted by Gasteiger charge is -2.14. The molecular formula is C17H18N4O3. The van der Waals surface area contributed by atoms with Gasteiger partial charge in [0, 0.05) is 18.9 Å². The van der Waals surface area contributed by atoms with Crippen molar-refractivity contribution in [1.29, 1.82) is 0 Å². The Labute approximate surface area is 139 Å². The lowest BCUT2D eigenvalue weighted by atomic mass is 10.1. The van der Waals surface area contributed by atoms with Gasteiger partial charge in [-0.15, -0.1) is 0 Å². The zero-order valence-electron chi connectivity index (χ0n) is 13.2. The number of nitrogens with zero attached hydrogens (tertiary/aromatic N) is 1. The number of aryl methyl sites for hydroxylation is 1. The first-order chi connectivity index (χ1) is 11.5. The maximum atomic E-state index is 12.2. The number of hydrogen-bond donors (Lipinski definition) is 3. The van der Waals surface area contributed by atoms with Crippen molar-refractivity contribution < 1.29 is 14.4 Å². The molecule has 24 heavy (non-hydrogen) atoms. The molecule has 0 saturated heterocycles. The number of para-hydroxylation sites is 1. The molecule has 0 spiro atoms. The molecule has 1 aromatic heterocycles. The first kappa shape index (κ1) is 15.8. The van der Waals surface area contributed by atoms with Crippen LogP contribution in [0.25, 0.3) is 0 Å². The maximum Gasteiger partial charge on any atom is 0.254 e. The highest BCUT2D eigenvalue weighted by Gasteiger charge is 2.29. The first-order valence-electron chi connectivity index (χ1n) is 7.62. The number of aromatic nitrogens is 1. The maximum absolute atomic E-state index is 12.2. The predicted molar refractivity (Wildman–Crippen MR) is 88.2 cm³/mol. The molecule has 3 amide bonds. The van der Waals surface area contributed by atoms with Crippen LogP contribution in [0.3, 0.4) is 0 Å². The van der Waals surface area contributed by atoms with Crippen LogP contribution in [0, 0.1) is 0 Å². The van der Waals surface area contributed by atoms with Crippen molar-refractivity contribution in [2.45, 2.75) is 19.0 Å². The van der Waals surface area contributed by atoms with E-state index in [1.807, 2.05) is 29.9 Å². The Hall–Kier alpha value is -3.09. The van der Waals surface area contributed by atoms with Crippen LogP contribution in [-0.4, -0.2) is 28.3 Å². The van der Waals surface area contributed by atoms with E-state index in [1.54, 1.807) is 24.3 Å². The molecule has 0 saturated carbocycles. The molecule has 1 aliphatic rings.